The summed E-state index contributed by atoms with van der Waals surface area (Å²) in [5.74, 6) is -0.314. The first-order valence-corrected chi connectivity index (χ1v) is 4.49. The minimum atomic E-state index is -0.782. The Labute approximate surface area is 82.6 Å². The van der Waals surface area contributed by atoms with Crippen molar-refractivity contribution in [3.8, 4) is 0 Å². The van der Waals surface area contributed by atoms with E-state index in [2.05, 4.69) is 4.74 Å². The van der Waals surface area contributed by atoms with Crippen LogP contribution in [0.15, 0.2) is 30.3 Å². The van der Waals surface area contributed by atoms with Gasteiger partial charge in [0.15, 0.2) is 5.60 Å². The number of carbonyl (C=O) groups is 1. The zero-order valence-electron chi connectivity index (χ0n) is 8.19. The highest BCUT2D eigenvalue weighted by atomic mass is 16.7. The summed E-state index contributed by atoms with van der Waals surface area (Å²) in [5, 5.41) is 0. The molecule has 1 aliphatic rings. The molecule has 14 heavy (non-hydrogen) atoms. The van der Waals surface area contributed by atoms with Crippen molar-refractivity contribution in [1.29, 1.82) is 0 Å². The number of hydrogen-bond acceptors (Lipinski definition) is 3. The molecular weight excluding hydrogens is 180 g/mol. The third-order valence-electron chi connectivity index (χ3n) is 2.50. The predicted molar refractivity (Wildman–Crippen MR) is 50.7 cm³/mol. The van der Waals surface area contributed by atoms with Crippen LogP contribution in [0.2, 0.25) is 0 Å². The zero-order chi connectivity index (χ0) is 10.2. The molecule has 0 amide bonds. The number of carbonyl (C=O) groups excluding carboxylic acids is 1. The number of methoxy groups -OCH3 is 1. The van der Waals surface area contributed by atoms with Gasteiger partial charge in [0, 0.05) is 0 Å². The molecule has 0 aliphatic carbocycles. The quantitative estimate of drug-likeness (QED) is 0.528. The molecule has 0 radical (unpaired) electrons. The zero-order valence-corrected chi connectivity index (χ0v) is 8.19. The maximum atomic E-state index is 11.3. The molecule has 1 heterocycles. The Morgan fingerprint density at radius 2 is 2.07 bits per heavy atom. The van der Waals surface area contributed by atoms with Crippen LogP contribution in [-0.2, 0) is 14.3 Å². The van der Waals surface area contributed by atoms with Gasteiger partial charge in [0.05, 0.1) is 7.11 Å². The minimum absolute atomic E-state index is 0.156. The predicted octanol–water partition coefficient (Wildman–Crippen LogP) is 1.69. The lowest BCUT2D eigenvalue weighted by molar-refractivity contribution is -0.146. The van der Waals surface area contributed by atoms with Gasteiger partial charge in [-0.2, -0.15) is 0 Å². The van der Waals surface area contributed by atoms with Crippen LogP contribution in [0.3, 0.4) is 0 Å². The van der Waals surface area contributed by atoms with E-state index in [1.54, 1.807) is 6.92 Å². The molecule has 0 unspecified atom stereocenters. The van der Waals surface area contributed by atoms with Crippen LogP contribution < -0.4 is 0 Å². The minimum Gasteiger partial charge on any atom is -0.467 e. The van der Waals surface area contributed by atoms with Crippen LogP contribution >= 0.6 is 0 Å². The molecule has 1 aliphatic heterocycles. The van der Waals surface area contributed by atoms with Crippen LogP contribution in [-0.4, -0.2) is 18.7 Å². The van der Waals surface area contributed by atoms with Gasteiger partial charge in [-0.3, -0.25) is 0 Å². The fourth-order valence-electron chi connectivity index (χ4n) is 1.58. The highest BCUT2D eigenvalue weighted by Gasteiger charge is 2.60. The van der Waals surface area contributed by atoms with E-state index in [1.165, 1.54) is 7.11 Å². The summed E-state index contributed by atoms with van der Waals surface area (Å²) in [5.41, 5.74) is 0.233. The van der Waals surface area contributed by atoms with E-state index >= 15 is 0 Å². The second kappa shape index (κ2) is 3.10. The lowest BCUT2D eigenvalue weighted by Gasteiger charge is -2.02. The van der Waals surface area contributed by atoms with Gasteiger partial charge in [-0.1, -0.05) is 30.3 Å². The van der Waals surface area contributed by atoms with E-state index in [0.717, 1.165) is 5.56 Å². The number of epoxide rings is 1. The van der Waals surface area contributed by atoms with Crippen LogP contribution in [0, 0.1) is 0 Å². The summed E-state index contributed by atoms with van der Waals surface area (Å²) in [6.07, 6.45) is -0.156. The van der Waals surface area contributed by atoms with Gasteiger partial charge in [-0.15, -0.1) is 0 Å². The third kappa shape index (κ3) is 1.30. The normalized spacial score (nSPS) is 29.7. The molecule has 2 rings (SSSR count). The fraction of sp³-hybridized carbons (Fsp3) is 0.364. The first-order valence-electron chi connectivity index (χ1n) is 4.49. The summed E-state index contributed by atoms with van der Waals surface area (Å²) in [4.78, 5) is 11.3. The number of hydrogen-bond donors (Lipinski definition) is 0. The Hall–Kier alpha value is -1.35. The average molecular weight is 192 g/mol. The van der Waals surface area contributed by atoms with Crippen LogP contribution in [0.1, 0.15) is 18.6 Å². The van der Waals surface area contributed by atoms with Gasteiger partial charge >= 0.3 is 5.97 Å². The largest absolute Gasteiger partial charge is 0.467 e. The van der Waals surface area contributed by atoms with E-state index in [0.29, 0.717) is 0 Å². The summed E-state index contributed by atoms with van der Waals surface area (Å²) in [6, 6.07) is 9.67. The molecule has 1 aromatic carbocycles. The van der Waals surface area contributed by atoms with Crippen LogP contribution in [0.5, 0.6) is 0 Å². The molecule has 1 saturated heterocycles. The number of ether oxygens (including phenoxy) is 2. The van der Waals surface area contributed by atoms with Crippen molar-refractivity contribution in [1.82, 2.24) is 0 Å². The molecule has 0 bridgehead atoms. The summed E-state index contributed by atoms with van der Waals surface area (Å²) in [7, 11) is 1.37. The van der Waals surface area contributed by atoms with Gasteiger partial charge in [0.2, 0.25) is 0 Å². The SMILES string of the molecule is COC(=O)[C@]1(C)O[C@@H]1c1ccccc1. The third-order valence-corrected chi connectivity index (χ3v) is 2.50. The molecule has 3 heteroatoms. The average Bonchev–Trinajstić information content (AvgIpc) is 2.92. The van der Waals surface area contributed by atoms with Crippen molar-refractivity contribution in [2.75, 3.05) is 7.11 Å². The van der Waals surface area contributed by atoms with E-state index in [1.807, 2.05) is 30.3 Å². The molecule has 0 saturated carbocycles. The molecule has 74 valence electrons. The summed E-state index contributed by atoms with van der Waals surface area (Å²) in [6.45, 7) is 1.75. The molecule has 0 spiro atoms. The Balaban J connectivity index is 2.16. The Morgan fingerprint density at radius 3 is 2.64 bits per heavy atom. The lowest BCUT2D eigenvalue weighted by Crippen LogP contribution is -2.22. The Bertz CT molecular complexity index is 347. The number of esters is 1. The monoisotopic (exact) mass is 192 g/mol. The molecule has 1 fully saturated rings. The molecular formula is C11H12O3. The van der Waals surface area contributed by atoms with Crippen molar-refractivity contribution in [2.24, 2.45) is 0 Å². The van der Waals surface area contributed by atoms with Crippen molar-refractivity contribution >= 4 is 5.97 Å². The Morgan fingerprint density at radius 1 is 1.43 bits per heavy atom. The summed E-state index contributed by atoms with van der Waals surface area (Å²) < 4.78 is 10.0. The van der Waals surface area contributed by atoms with Crippen molar-refractivity contribution < 1.29 is 14.3 Å². The highest BCUT2D eigenvalue weighted by Crippen LogP contribution is 2.49. The Kier molecular flexibility index (Phi) is 2.04. The smallest absolute Gasteiger partial charge is 0.340 e. The first-order chi connectivity index (χ1) is 6.68. The number of benzene rings is 1. The van der Waals surface area contributed by atoms with E-state index in [9.17, 15) is 4.79 Å². The van der Waals surface area contributed by atoms with Crippen LogP contribution in [0.4, 0.5) is 0 Å². The van der Waals surface area contributed by atoms with E-state index in [4.69, 9.17) is 4.74 Å². The van der Waals surface area contributed by atoms with Crippen molar-refractivity contribution in [3.63, 3.8) is 0 Å². The molecule has 0 N–H and O–H groups in total. The summed E-state index contributed by atoms with van der Waals surface area (Å²) >= 11 is 0. The second-order valence-electron chi connectivity index (χ2n) is 3.51. The molecule has 3 nitrogen and oxygen atoms in total. The topological polar surface area (TPSA) is 38.8 Å². The molecule has 1 aromatic rings. The van der Waals surface area contributed by atoms with Crippen LogP contribution in [0.25, 0.3) is 0 Å². The van der Waals surface area contributed by atoms with Gasteiger partial charge in [-0.05, 0) is 12.5 Å². The molecule has 2 atom stereocenters. The van der Waals surface area contributed by atoms with E-state index < -0.39 is 5.60 Å². The maximum Gasteiger partial charge on any atom is 0.340 e. The standard InChI is InChI=1S/C11H12O3/c1-11(10(12)13-2)9(14-11)8-6-4-3-5-7-8/h3-7,9H,1-2H3/t9-,11-/m1/s1. The fourth-order valence-corrected chi connectivity index (χ4v) is 1.58. The van der Waals surface area contributed by atoms with E-state index in [-0.39, 0.29) is 12.1 Å². The van der Waals surface area contributed by atoms with Gasteiger partial charge in [0.1, 0.15) is 6.10 Å². The first kappa shape index (κ1) is 9.21. The van der Waals surface area contributed by atoms with Gasteiger partial charge in [-0.25, -0.2) is 4.79 Å². The maximum absolute atomic E-state index is 11.3. The number of rotatable bonds is 2. The highest BCUT2D eigenvalue weighted by molar-refractivity contribution is 5.83. The molecule has 0 aromatic heterocycles. The van der Waals surface area contributed by atoms with Crippen molar-refractivity contribution in [2.45, 2.75) is 18.6 Å². The second-order valence-corrected chi connectivity index (χ2v) is 3.51. The lowest BCUT2D eigenvalue weighted by atomic mass is 10.0. The van der Waals surface area contributed by atoms with Crippen molar-refractivity contribution in [3.05, 3.63) is 35.9 Å². The van der Waals surface area contributed by atoms with Gasteiger partial charge < -0.3 is 9.47 Å². The van der Waals surface area contributed by atoms with Gasteiger partial charge in [0.25, 0.3) is 0 Å².